The van der Waals surface area contributed by atoms with Crippen molar-refractivity contribution < 1.29 is 9.53 Å². The SMILES string of the molecule is C[C@@]1(c2cccc(NC(=O)c3ccc(Cl)cn3)c2)COC(N)=N1. The second-order valence-corrected chi connectivity index (χ2v) is 5.85. The van der Waals surface area contributed by atoms with Crippen LogP contribution in [0.25, 0.3) is 0 Å². The van der Waals surface area contributed by atoms with Crippen LogP contribution in [-0.4, -0.2) is 23.5 Å². The van der Waals surface area contributed by atoms with Crippen molar-refractivity contribution in [1.29, 1.82) is 0 Å². The normalized spacial score (nSPS) is 19.8. The Morgan fingerprint density at radius 3 is 2.87 bits per heavy atom. The van der Waals surface area contributed by atoms with Gasteiger partial charge in [0.25, 0.3) is 11.9 Å². The summed E-state index contributed by atoms with van der Waals surface area (Å²) in [6.07, 6.45) is 1.43. The number of aliphatic imine (C=N–C) groups is 1. The number of hydrogen-bond acceptors (Lipinski definition) is 5. The molecule has 0 unspecified atom stereocenters. The number of nitrogens with two attached hydrogens (primary N) is 1. The quantitative estimate of drug-likeness (QED) is 0.905. The molecule has 7 heteroatoms. The van der Waals surface area contributed by atoms with Crippen molar-refractivity contribution >= 4 is 29.2 Å². The molecule has 0 saturated heterocycles. The van der Waals surface area contributed by atoms with Crippen LogP contribution in [0.3, 0.4) is 0 Å². The number of anilines is 1. The highest BCUT2D eigenvalue weighted by Gasteiger charge is 2.33. The van der Waals surface area contributed by atoms with E-state index in [-0.39, 0.29) is 17.6 Å². The average Bonchev–Trinajstić information content (AvgIpc) is 2.89. The van der Waals surface area contributed by atoms with Crippen LogP contribution in [0.1, 0.15) is 23.0 Å². The lowest BCUT2D eigenvalue weighted by molar-refractivity contribution is 0.102. The number of nitrogens with zero attached hydrogens (tertiary/aromatic N) is 2. The van der Waals surface area contributed by atoms with Crippen LogP contribution in [0, 0.1) is 0 Å². The van der Waals surface area contributed by atoms with E-state index in [9.17, 15) is 4.79 Å². The van der Waals surface area contributed by atoms with Crippen LogP contribution in [0.5, 0.6) is 0 Å². The molecule has 118 valence electrons. The zero-order chi connectivity index (χ0) is 16.4. The highest BCUT2D eigenvalue weighted by Crippen LogP contribution is 2.31. The van der Waals surface area contributed by atoms with Crippen molar-refractivity contribution in [2.75, 3.05) is 11.9 Å². The van der Waals surface area contributed by atoms with Gasteiger partial charge in [0.1, 0.15) is 17.8 Å². The number of carbonyl (C=O) groups is 1. The first-order valence-corrected chi connectivity index (χ1v) is 7.36. The minimum Gasteiger partial charge on any atom is -0.462 e. The number of amides is 1. The fraction of sp³-hybridized carbons (Fsp3) is 0.188. The molecular formula is C16H15ClN4O2. The third kappa shape index (κ3) is 3.27. The second-order valence-electron chi connectivity index (χ2n) is 5.41. The summed E-state index contributed by atoms with van der Waals surface area (Å²) in [5, 5.41) is 3.28. The molecule has 1 aliphatic rings. The number of halogens is 1. The Balaban J connectivity index is 1.80. The smallest absolute Gasteiger partial charge is 0.283 e. The highest BCUT2D eigenvalue weighted by molar-refractivity contribution is 6.30. The number of benzene rings is 1. The van der Waals surface area contributed by atoms with Gasteiger partial charge in [-0.25, -0.2) is 9.98 Å². The first kappa shape index (κ1) is 15.3. The molecule has 0 aliphatic carbocycles. The molecule has 1 atom stereocenters. The lowest BCUT2D eigenvalue weighted by atomic mass is 9.94. The fourth-order valence-electron chi connectivity index (χ4n) is 2.31. The van der Waals surface area contributed by atoms with Gasteiger partial charge in [-0.05, 0) is 36.8 Å². The molecule has 1 aliphatic heterocycles. The van der Waals surface area contributed by atoms with Crippen LogP contribution >= 0.6 is 11.6 Å². The predicted octanol–water partition coefficient (Wildman–Crippen LogP) is 2.55. The van der Waals surface area contributed by atoms with E-state index in [0.717, 1.165) is 5.56 Å². The van der Waals surface area contributed by atoms with E-state index in [2.05, 4.69) is 15.3 Å². The second kappa shape index (κ2) is 5.89. The molecule has 2 heterocycles. The highest BCUT2D eigenvalue weighted by atomic mass is 35.5. The monoisotopic (exact) mass is 330 g/mol. The van der Waals surface area contributed by atoms with Crippen LogP contribution in [0.4, 0.5) is 5.69 Å². The topological polar surface area (TPSA) is 89.6 Å². The van der Waals surface area contributed by atoms with Crippen LogP contribution < -0.4 is 11.1 Å². The van der Waals surface area contributed by atoms with Gasteiger partial charge in [0, 0.05) is 11.9 Å². The summed E-state index contributed by atoms with van der Waals surface area (Å²) in [6.45, 7) is 2.30. The van der Waals surface area contributed by atoms with Gasteiger partial charge in [0.2, 0.25) is 0 Å². The Bertz CT molecular complexity index is 776. The Hall–Kier alpha value is -2.60. The summed E-state index contributed by atoms with van der Waals surface area (Å²) in [6, 6.07) is 10.8. The summed E-state index contributed by atoms with van der Waals surface area (Å²) in [5.74, 6) is -0.311. The van der Waals surface area contributed by atoms with E-state index in [1.54, 1.807) is 18.2 Å². The standard InChI is InChI=1S/C16H15ClN4O2/c1-16(9-23-15(18)21-16)10-3-2-4-12(7-10)20-14(22)13-6-5-11(17)8-19-13/h2-8H,9H2,1H3,(H2,18,21)(H,20,22)/t16-/m0/s1. The Morgan fingerprint density at radius 1 is 1.39 bits per heavy atom. The van der Waals surface area contributed by atoms with E-state index in [0.29, 0.717) is 17.3 Å². The molecule has 3 rings (SSSR count). The summed E-state index contributed by atoms with van der Waals surface area (Å²) >= 11 is 5.77. The van der Waals surface area contributed by atoms with Gasteiger partial charge in [-0.15, -0.1) is 0 Å². The first-order valence-electron chi connectivity index (χ1n) is 6.98. The van der Waals surface area contributed by atoms with Gasteiger partial charge in [-0.3, -0.25) is 4.79 Å². The molecule has 1 amide bonds. The summed E-state index contributed by atoms with van der Waals surface area (Å²) in [5.41, 5.74) is 6.88. The molecule has 3 N–H and O–H groups in total. The lowest BCUT2D eigenvalue weighted by Gasteiger charge is -2.19. The Labute approximate surface area is 138 Å². The van der Waals surface area contributed by atoms with Crippen molar-refractivity contribution in [3.63, 3.8) is 0 Å². The number of nitrogens with one attached hydrogen (secondary N) is 1. The molecule has 0 saturated carbocycles. The van der Waals surface area contributed by atoms with Gasteiger partial charge in [0.05, 0.1) is 5.02 Å². The summed E-state index contributed by atoms with van der Waals surface area (Å²) < 4.78 is 5.24. The molecule has 0 bridgehead atoms. The van der Waals surface area contributed by atoms with Crippen molar-refractivity contribution in [2.45, 2.75) is 12.5 Å². The largest absolute Gasteiger partial charge is 0.462 e. The molecule has 0 radical (unpaired) electrons. The van der Waals surface area contributed by atoms with E-state index in [1.807, 2.05) is 25.1 Å². The van der Waals surface area contributed by atoms with Gasteiger partial charge >= 0.3 is 0 Å². The number of aromatic nitrogens is 1. The molecule has 1 aromatic heterocycles. The number of hydrogen-bond donors (Lipinski definition) is 2. The zero-order valence-corrected chi connectivity index (χ0v) is 13.2. The third-order valence-corrected chi connectivity index (χ3v) is 3.78. The molecule has 1 aromatic carbocycles. The average molecular weight is 331 g/mol. The first-order chi connectivity index (χ1) is 11.0. The summed E-state index contributed by atoms with van der Waals surface area (Å²) in [7, 11) is 0. The maximum Gasteiger partial charge on any atom is 0.283 e. The maximum atomic E-state index is 12.2. The lowest BCUT2D eigenvalue weighted by Crippen LogP contribution is -2.21. The van der Waals surface area contributed by atoms with Gasteiger partial charge in [-0.1, -0.05) is 23.7 Å². The van der Waals surface area contributed by atoms with Crippen LogP contribution in [0.15, 0.2) is 47.6 Å². The Morgan fingerprint density at radius 2 is 2.22 bits per heavy atom. The molecular weight excluding hydrogens is 316 g/mol. The van der Waals surface area contributed by atoms with Crippen LogP contribution in [-0.2, 0) is 10.3 Å². The zero-order valence-electron chi connectivity index (χ0n) is 12.4. The van der Waals surface area contributed by atoms with Crippen molar-refractivity contribution in [3.8, 4) is 0 Å². The third-order valence-electron chi connectivity index (χ3n) is 3.56. The Kier molecular flexibility index (Phi) is 3.92. The van der Waals surface area contributed by atoms with E-state index in [1.165, 1.54) is 6.20 Å². The maximum absolute atomic E-state index is 12.2. The van der Waals surface area contributed by atoms with Crippen molar-refractivity contribution in [1.82, 2.24) is 4.98 Å². The minimum atomic E-state index is -0.552. The van der Waals surface area contributed by atoms with Gasteiger partial charge in [-0.2, -0.15) is 0 Å². The number of ether oxygens (including phenoxy) is 1. The minimum absolute atomic E-state index is 0.173. The number of amidine groups is 1. The molecule has 23 heavy (non-hydrogen) atoms. The van der Waals surface area contributed by atoms with Crippen molar-refractivity contribution in [2.24, 2.45) is 10.7 Å². The van der Waals surface area contributed by atoms with E-state index < -0.39 is 5.54 Å². The fourth-order valence-corrected chi connectivity index (χ4v) is 2.42. The van der Waals surface area contributed by atoms with Gasteiger partial charge in [0.15, 0.2) is 0 Å². The van der Waals surface area contributed by atoms with Crippen molar-refractivity contribution in [3.05, 3.63) is 58.9 Å². The van der Waals surface area contributed by atoms with Crippen LogP contribution in [0.2, 0.25) is 5.02 Å². The van der Waals surface area contributed by atoms with E-state index in [4.69, 9.17) is 22.1 Å². The summed E-state index contributed by atoms with van der Waals surface area (Å²) in [4.78, 5) is 20.5. The molecule has 2 aromatic rings. The number of rotatable bonds is 3. The number of pyridine rings is 1. The van der Waals surface area contributed by atoms with E-state index >= 15 is 0 Å². The predicted molar refractivity (Wildman–Crippen MR) is 88.6 cm³/mol. The van der Waals surface area contributed by atoms with Gasteiger partial charge < -0.3 is 15.8 Å². The molecule has 6 nitrogen and oxygen atoms in total. The molecule has 0 spiro atoms. The molecule has 0 fully saturated rings. The number of carbonyl (C=O) groups excluding carboxylic acids is 1.